The minimum absolute atomic E-state index is 0.0818. The lowest BCUT2D eigenvalue weighted by Gasteiger charge is -2.21. The highest BCUT2D eigenvalue weighted by Crippen LogP contribution is 2.24. The summed E-state index contributed by atoms with van der Waals surface area (Å²) in [5.74, 6) is -2.47. The minimum Gasteiger partial charge on any atom is -0.478 e. The van der Waals surface area contributed by atoms with Crippen molar-refractivity contribution in [2.75, 3.05) is 19.0 Å². The molecule has 20 heavy (non-hydrogen) atoms. The number of halogens is 1. The Morgan fingerprint density at radius 2 is 2.00 bits per heavy atom. The molecule has 0 aromatic heterocycles. The molecular weight excluding hydrogens is 287 g/mol. The van der Waals surface area contributed by atoms with E-state index in [0.29, 0.717) is 26.1 Å². The number of sulfone groups is 1. The van der Waals surface area contributed by atoms with Gasteiger partial charge in [0, 0.05) is 13.2 Å². The Bertz CT molecular complexity index is 605. The van der Waals surface area contributed by atoms with Crippen LogP contribution in [0.5, 0.6) is 0 Å². The van der Waals surface area contributed by atoms with Gasteiger partial charge >= 0.3 is 5.97 Å². The summed E-state index contributed by atoms with van der Waals surface area (Å²) in [4.78, 5) is 10.3. The molecule has 0 bridgehead atoms. The first-order valence-electron chi connectivity index (χ1n) is 6.23. The monoisotopic (exact) mass is 302 g/mol. The number of hydrogen-bond acceptors (Lipinski definition) is 4. The van der Waals surface area contributed by atoms with E-state index in [4.69, 9.17) is 9.84 Å². The predicted octanol–water partition coefficient (Wildman–Crippen LogP) is 1.72. The van der Waals surface area contributed by atoms with Crippen LogP contribution >= 0.6 is 0 Å². The third-order valence-electron chi connectivity index (χ3n) is 3.31. The van der Waals surface area contributed by atoms with Gasteiger partial charge in [-0.05, 0) is 37.0 Å². The molecular formula is C13H15FO5S. The second-order valence-electron chi connectivity index (χ2n) is 4.79. The zero-order valence-corrected chi connectivity index (χ0v) is 11.5. The molecule has 0 spiro atoms. The van der Waals surface area contributed by atoms with Crippen molar-refractivity contribution in [1.82, 2.24) is 0 Å². The second kappa shape index (κ2) is 5.88. The van der Waals surface area contributed by atoms with E-state index in [9.17, 15) is 17.6 Å². The summed E-state index contributed by atoms with van der Waals surface area (Å²) in [6.45, 7) is 0.996. The quantitative estimate of drug-likeness (QED) is 0.916. The molecule has 0 unspecified atom stereocenters. The van der Waals surface area contributed by atoms with Crippen LogP contribution in [-0.2, 0) is 14.6 Å². The van der Waals surface area contributed by atoms with E-state index in [2.05, 4.69) is 0 Å². The lowest BCUT2D eigenvalue weighted by Crippen LogP contribution is -2.24. The fourth-order valence-corrected chi connectivity index (χ4v) is 3.99. The van der Waals surface area contributed by atoms with Gasteiger partial charge in [0.15, 0.2) is 9.84 Å². The van der Waals surface area contributed by atoms with E-state index >= 15 is 0 Å². The van der Waals surface area contributed by atoms with Gasteiger partial charge < -0.3 is 9.84 Å². The van der Waals surface area contributed by atoms with Crippen LogP contribution < -0.4 is 0 Å². The highest BCUT2D eigenvalue weighted by atomic mass is 32.2. The zero-order chi connectivity index (χ0) is 14.8. The fourth-order valence-electron chi connectivity index (χ4n) is 2.19. The Kier molecular flexibility index (Phi) is 4.39. The summed E-state index contributed by atoms with van der Waals surface area (Å²) in [7, 11) is -3.84. The van der Waals surface area contributed by atoms with Gasteiger partial charge in [-0.3, -0.25) is 0 Å². The maximum atomic E-state index is 13.7. The summed E-state index contributed by atoms with van der Waals surface area (Å²) in [5, 5.41) is 8.85. The standard InChI is InChI=1S/C13H15FO5S/c14-11-2-1-10(13(15)16)7-12(11)20(17,18)8-9-3-5-19-6-4-9/h1-2,7,9H,3-6,8H2,(H,15,16). The smallest absolute Gasteiger partial charge is 0.335 e. The van der Waals surface area contributed by atoms with E-state index in [0.717, 1.165) is 18.2 Å². The van der Waals surface area contributed by atoms with Crippen molar-refractivity contribution in [2.45, 2.75) is 17.7 Å². The molecule has 1 heterocycles. The van der Waals surface area contributed by atoms with Crippen LogP contribution in [0, 0.1) is 11.7 Å². The largest absolute Gasteiger partial charge is 0.478 e. The molecule has 0 saturated carbocycles. The van der Waals surface area contributed by atoms with E-state index in [-0.39, 0.29) is 17.2 Å². The van der Waals surface area contributed by atoms with E-state index in [1.165, 1.54) is 0 Å². The molecule has 1 fully saturated rings. The normalized spacial score (nSPS) is 17.1. The molecule has 1 aromatic rings. The van der Waals surface area contributed by atoms with Crippen LogP contribution in [-0.4, -0.2) is 38.5 Å². The highest BCUT2D eigenvalue weighted by Gasteiger charge is 2.26. The number of rotatable bonds is 4. The minimum atomic E-state index is -3.84. The van der Waals surface area contributed by atoms with Crippen molar-refractivity contribution in [3.63, 3.8) is 0 Å². The van der Waals surface area contributed by atoms with Crippen molar-refractivity contribution >= 4 is 15.8 Å². The molecule has 1 aromatic carbocycles. The van der Waals surface area contributed by atoms with Crippen LogP contribution in [0.2, 0.25) is 0 Å². The van der Waals surface area contributed by atoms with Gasteiger partial charge in [0.05, 0.1) is 11.3 Å². The van der Waals surface area contributed by atoms with Gasteiger partial charge in [0.2, 0.25) is 0 Å². The Morgan fingerprint density at radius 1 is 1.35 bits per heavy atom. The number of carboxylic acids is 1. The summed E-state index contributed by atoms with van der Waals surface area (Å²) < 4.78 is 43.3. The molecule has 0 aliphatic carbocycles. The second-order valence-corrected chi connectivity index (χ2v) is 6.79. The molecule has 5 nitrogen and oxygen atoms in total. The van der Waals surface area contributed by atoms with Crippen molar-refractivity contribution in [3.05, 3.63) is 29.6 Å². The highest BCUT2D eigenvalue weighted by molar-refractivity contribution is 7.91. The SMILES string of the molecule is O=C(O)c1ccc(F)c(S(=O)(=O)CC2CCOCC2)c1. The summed E-state index contributed by atoms with van der Waals surface area (Å²) >= 11 is 0. The Labute approximate surface area is 116 Å². The van der Waals surface area contributed by atoms with Crippen LogP contribution in [0.15, 0.2) is 23.1 Å². The molecule has 1 aliphatic rings. The molecule has 1 N–H and O–H groups in total. The van der Waals surface area contributed by atoms with Crippen molar-refractivity contribution in [1.29, 1.82) is 0 Å². The topological polar surface area (TPSA) is 80.7 Å². The van der Waals surface area contributed by atoms with Gasteiger partial charge in [-0.1, -0.05) is 0 Å². The molecule has 2 rings (SSSR count). The molecule has 110 valence electrons. The summed E-state index contributed by atoms with van der Waals surface area (Å²) in [6.07, 6.45) is 1.22. The molecule has 0 amide bonds. The maximum absolute atomic E-state index is 13.7. The Morgan fingerprint density at radius 3 is 2.60 bits per heavy atom. The average molecular weight is 302 g/mol. The first kappa shape index (κ1) is 14.9. The first-order valence-corrected chi connectivity index (χ1v) is 7.89. The third-order valence-corrected chi connectivity index (χ3v) is 5.20. The van der Waals surface area contributed by atoms with Gasteiger partial charge in [-0.2, -0.15) is 0 Å². The molecule has 7 heteroatoms. The summed E-state index contributed by atoms with van der Waals surface area (Å²) in [5.41, 5.74) is -0.239. The van der Waals surface area contributed by atoms with Gasteiger partial charge in [0.1, 0.15) is 10.7 Å². The fraction of sp³-hybridized carbons (Fsp3) is 0.462. The van der Waals surface area contributed by atoms with Crippen LogP contribution in [0.25, 0.3) is 0 Å². The number of ether oxygens (including phenoxy) is 1. The summed E-state index contributed by atoms with van der Waals surface area (Å²) in [6, 6.07) is 2.80. The molecule has 1 aliphatic heterocycles. The van der Waals surface area contributed by atoms with Gasteiger partial charge in [-0.15, -0.1) is 0 Å². The molecule has 0 radical (unpaired) electrons. The zero-order valence-electron chi connectivity index (χ0n) is 10.7. The third kappa shape index (κ3) is 3.34. The Hall–Kier alpha value is -1.47. The van der Waals surface area contributed by atoms with E-state index in [1.54, 1.807) is 0 Å². The first-order chi connectivity index (χ1) is 9.40. The lowest BCUT2D eigenvalue weighted by atomic mass is 10.0. The molecule has 0 atom stereocenters. The maximum Gasteiger partial charge on any atom is 0.335 e. The lowest BCUT2D eigenvalue weighted by molar-refractivity contribution is 0.0696. The average Bonchev–Trinajstić information content (AvgIpc) is 2.39. The Balaban J connectivity index is 2.28. The van der Waals surface area contributed by atoms with Crippen molar-refractivity contribution < 1.29 is 27.4 Å². The van der Waals surface area contributed by atoms with Crippen LogP contribution in [0.1, 0.15) is 23.2 Å². The van der Waals surface area contributed by atoms with E-state index in [1.807, 2.05) is 0 Å². The predicted molar refractivity (Wildman–Crippen MR) is 69.0 cm³/mol. The number of hydrogen-bond donors (Lipinski definition) is 1. The van der Waals surface area contributed by atoms with Crippen molar-refractivity contribution in [3.8, 4) is 0 Å². The van der Waals surface area contributed by atoms with Crippen LogP contribution in [0.4, 0.5) is 4.39 Å². The number of benzene rings is 1. The number of carbonyl (C=O) groups is 1. The van der Waals surface area contributed by atoms with Gasteiger partial charge in [0.25, 0.3) is 0 Å². The van der Waals surface area contributed by atoms with Crippen LogP contribution in [0.3, 0.4) is 0 Å². The number of carboxylic acid groups (broad SMARTS) is 1. The van der Waals surface area contributed by atoms with Gasteiger partial charge in [-0.25, -0.2) is 17.6 Å². The molecule has 1 saturated heterocycles. The number of aromatic carboxylic acids is 1. The van der Waals surface area contributed by atoms with Crippen molar-refractivity contribution in [2.24, 2.45) is 5.92 Å². The van der Waals surface area contributed by atoms with E-state index < -0.39 is 26.5 Å².